The molecule has 0 aliphatic carbocycles. The van der Waals surface area contributed by atoms with Crippen molar-refractivity contribution in [3.63, 3.8) is 0 Å². The summed E-state index contributed by atoms with van der Waals surface area (Å²) in [7, 11) is 0. The third kappa shape index (κ3) is 3.37. The summed E-state index contributed by atoms with van der Waals surface area (Å²) in [5.41, 5.74) is 5.90. The van der Waals surface area contributed by atoms with Crippen molar-refractivity contribution >= 4 is 45.1 Å². The number of nitrogens with one attached hydrogen (secondary N) is 1. The molecule has 7 nitrogen and oxygen atoms in total. The van der Waals surface area contributed by atoms with E-state index in [2.05, 4.69) is 15.2 Å². The molecule has 3 aromatic heterocycles. The van der Waals surface area contributed by atoms with Gasteiger partial charge in [0.15, 0.2) is 10.9 Å². The molecule has 0 amide bonds. The number of benzene rings is 3. The summed E-state index contributed by atoms with van der Waals surface area (Å²) in [5.74, 6) is 0.630. The smallest absolute Gasteiger partial charge is 0.267 e. The average Bonchev–Trinajstić information content (AvgIpc) is 3.45. The number of aryl methyl sites for hydroxylation is 2. The normalized spacial score (nSPS) is 11.6. The molecule has 3 aromatic carbocycles. The maximum atomic E-state index is 13.6. The number of para-hydroxylation sites is 2. The average molecular weight is 494 g/mol. The molecule has 0 saturated heterocycles. The van der Waals surface area contributed by atoms with Gasteiger partial charge in [-0.25, -0.2) is 4.57 Å². The van der Waals surface area contributed by atoms with Crippen molar-refractivity contribution in [1.82, 2.24) is 24.1 Å². The minimum atomic E-state index is -0.152. The quantitative estimate of drug-likeness (QED) is 0.256. The van der Waals surface area contributed by atoms with Crippen LogP contribution in [-0.4, -0.2) is 35.7 Å². The zero-order valence-electron chi connectivity index (χ0n) is 20.1. The van der Waals surface area contributed by atoms with Crippen molar-refractivity contribution in [2.24, 2.45) is 0 Å². The fourth-order valence-corrected chi connectivity index (χ4v) is 5.62. The van der Waals surface area contributed by atoms with Gasteiger partial charge in [0.25, 0.3) is 5.56 Å². The van der Waals surface area contributed by atoms with Gasteiger partial charge in [-0.2, -0.15) is 0 Å². The zero-order valence-corrected chi connectivity index (χ0v) is 20.9. The van der Waals surface area contributed by atoms with Crippen molar-refractivity contribution in [1.29, 1.82) is 0 Å². The summed E-state index contributed by atoms with van der Waals surface area (Å²) < 4.78 is 3.49. The second kappa shape index (κ2) is 8.49. The highest BCUT2D eigenvalue weighted by Crippen LogP contribution is 2.28. The first-order valence-electron chi connectivity index (χ1n) is 11.6. The Morgan fingerprint density at radius 3 is 2.50 bits per heavy atom. The molecule has 178 valence electrons. The highest BCUT2D eigenvalue weighted by molar-refractivity contribution is 7.99. The number of hydrogen-bond acceptors (Lipinski definition) is 5. The number of thioether (sulfide) groups is 1. The standard InChI is InChI=1S/C28H23N5O2S/c1-16-9-8-14-22(17(16)2)32-26(35)20-11-5-7-13-23(20)33-27(32)30-31-28(33)36-15-24(34)25-18(3)29-21-12-6-4-10-19(21)25/h4-14,29H,15H2,1-3H3. The number of Topliss-reactive ketones (excluding diaryl/α,β-unsaturated/α-hetero) is 1. The van der Waals surface area contributed by atoms with Gasteiger partial charge < -0.3 is 4.98 Å². The van der Waals surface area contributed by atoms with Gasteiger partial charge in [0.1, 0.15) is 0 Å². The number of carbonyl (C=O) groups is 1. The molecule has 0 saturated carbocycles. The largest absolute Gasteiger partial charge is 0.358 e. The molecule has 6 aromatic rings. The number of fused-ring (bicyclic) bond motifs is 4. The van der Waals surface area contributed by atoms with Crippen molar-refractivity contribution < 1.29 is 4.79 Å². The number of carbonyl (C=O) groups excluding carboxylic acids is 1. The van der Waals surface area contributed by atoms with Crippen LogP contribution in [0.1, 0.15) is 27.2 Å². The molecule has 1 N–H and O–H groups in total. The number of aromatic amines is 1. The molecule has 0 bridgehead atoms. The molecule has 0 fully saturated rings. The Kier molecular flexibility index (Phi) is 5.26. The molecule has 0 aliphatic rings. The topological polar surface area (TPSA) is 85.0 Å². The molecule has 8 heteroatoms. The number of H-pyrrole nitrogens is 1. The molecule has 36 heavy (non-hydrogen) atoms. The fraction of sp³-hybridized carbons (Fsp3) is 0.143. The molecule has 6 rings (SSSR count). The third-order valence-electron chi connectivity index (χ3n) is 6.72. The maximum Gasteiger partial charge on any atom is 0.267 e. The lowest BCUT2D eigenvalue weighted by Crippen LogP contribution is -2.22. The van der Waals surface area contributed by atoms with E-state index in [-0.39, 0.29) is 17.1 Å². The van der Waals surface area contributed by atoms with Crippen LogP contribution in [0.3, 0.4) is 0 Å². The summed E-state index contributed by atoms with van der Waals surface area (Å²) in [6, 6.07) is 21.1. The number of aromatic nitrogens is 5. The number of nitrogens with zero attached hydrogens (tertiary/aromatic N) is 4. The molecule has 3 heterocycles. The van der Waals surface area contributed by atoms with Crippen LogP contribution in [0.5, 0.6) is 0 Å². The van der Waals surface area contributed by atoms with Gasteiger partial charge in [0.05, 0.1) is 22.3 Å². The molecular formula is C28H23N5O2S. The van der Waals surface area contributed by atoms with E-state index in [1.54, 1.807) is 4.57 Å². The van der Waals surface area contributed by atoms with Crippen LogP contribution >= 0.6 is 11.8 Å². The van der Waals surface area contributed by atoms with Crippen LogP contribution in [0.2, 0.25) is 0 Å². The highest BCUT2D eigenvalue weighted by Gasteiger charge is 2.21. The van der Waals surface area contributed by atoms with E-state index < -0.39 is 0 Å². The molecule has 0 atom stereocenters. The first-order chi connectivity index (χ1) is 17.5. The van der Waals surface area contributed by atoms with Crippen molar-refractivity contribution in [2.45, 2.75) is 25.9 Å². The first-order valence-corrected chi connectivity index (χ1v) is 12.6. The van der Waals surface area contributed by atoms with Crippen LogP contribution in [-0.2, 0) is 0 Å². The van der Waals surface area contributed by atoms with E-state index in [0.717, 1.165) is 33.4 Å². The molecular weight excluding hydrogens is 470 g/mol. The Morgan fingerprint density at radius 2 is 1.67 bits per heavy atom. The highest BCUT2D eigenvalue weighted by atomic mass is 32.2. The van der Waals surface area contributed by atoms with E-state index in [1.165, 1.54) is 11.8 Å². The Labute approximate surface area is 210 Å². The molecule has 0 spiro atoms. The van der Waals surface area contributed by atoms with E-state index >= 15 is 0 Å². The first kappa shape index (κ1) is 22.3. The third-order valence-corrected chi connectivity index (χ3v) is 7.65. The Balaban J connectivity index is 1.49. The lowest BCUT2D eigenvalue weighted by Gasteiger charge is -2.14. The fourth-order valence-electron chi connectivity index (χ4n) is 4.81. The van der Waals surface area contributed by atoms with Gasteiger partial charge in [0, 0.05) is 22.2 Å². The Hall–Kier alpha value is -4.17. The lowest BCUT2D eigenvalue weighted by molar-refractivity contribution is 0.102. The minimum absolute atomic E-state index is 0.0128. The zero-order chi connectivity index (χ0) is 25.0. The molecule has 0 unspecified atom stereocenters. The van der Waals surface area contributed by atoms with Crippen LogP contribution < -0.4 is 5.56 Å². The van der Waals surface area contributed by atoms with E-state index in [9.17, 15) is 9.59 Å². The SMILES string of the molecule is Cc1cccc(-n2c(=O)c3ccccc3n3c(SCC(=O)c4c(C)[nH]c5ccccc45)nnc23)c1C. The monoisotopic (exact) mass is 493 g/mol. The second-order valence-electron chi connectivity index (χ2n) is 8.88. The molecule has 0 aliphatic heterocycles. The number of hydrogen-bond donors (Lipinski definition) is 1. The predicted octanol–water partition coefficient (Wildman–Crippen LogP) is 5.41. The summed E-state index contributed by atoms with van der Waals surface area (Å²) in [6.07, 6.45) is 0. The van der Waals surface area contributed by atoms with Crippen LogP contribution in [0.25, 0.3) is 33.3 Å². The van der Waals surface area contributed by atoms with Crippen LogP contribution in [0, 0.1) is 20.8 Å². The summed E-state index contributed by atoms with van der Waals surface area (Å²) >= 11 is 1.32. The predicted molar refractivity (Wildman–Crippen MR) is 144 cm³/mol. The van der Waals surface area contributed by atoms with Crippen molar-refractivity contribution in [3.05, 3.63) is 99.5 Å². The van der Waals surface area contributed by atoms with Gasteiger partial charge in [-0.3, -0.25) is 14.0 Å². The van der Waals surface area contributed by atoms with Gasteiger partial charge in [-0.1, -0.05) is 54.2 Å². The van der Waals surface area contributed by atoms with E-state index in [0.29, 0.717) is 27.4 Å². The number of ketones is 1. The lowest BCUT2D eigenvalue weighted by atomic mass is 10.1. The maximum absolute atomic E-state index is 13.6. The summed E-state index contributed by atoms with van der Waals surface area (Å²) in [6.45, 7) is 5.93. The molecule has 0 radical (unpaired) electrons. The van der Waals surface area contributed by atoms with Gasteiger partial charge in [-0.05, 0) is 56.2 Å². The summed E-state index contributed by atoms with van der Waals surface area (Å²) in [4.78, 5) is 30.2. The minimum Gasteiger partial charge on any atom is -0.358 e. The van der Waals surface area contributed by atoms with Gasteiger partial charge >= 0.3 is 0 Å². The van der Waals surface area contributed by atoms with Crippen molar-refractivity contribution in [2.75, 3.05) is 5.75 Å². The number of rotatable bonds is 5. The van der Waals surface area contributed by atoms with Gasteiger partial charge in [-0.15, -0.1) is 10.2 Å². The summed E-state index contributed by atoms with van der Waals surface area (Å²) in [5, 5.41) is 10.9. The van der Waals surface area contributed by atoms with Gasteiger partial charge in [0.2, 0.25) is 5.78 Å². The Bertz CT molecular complexity index is 1880. The van der Waals surface area contributed by atoms with Crippen LogP contribution in [0.15, 0.2) is 76.7 Å². The Morgan fingerprint density at radius 1 is 0.917 bits per heavy atom. The van der Waals surface area contributed by atoms with Crippen LogP contribution in [0.4, 0.5) is 0 Å². The van der Waals surface area contributed by atoms with E-state index in [4.69, 9.17) is 0 Å². The van der Waals surface area contributed by atoms with E-state index in [1.807, 2.05) is 91.9 Å². The second-order valence-corrected chi connectivity index (χ2v) is 9.82. The van der Waals surface area contributed by atoms with Crippen molar-refractivity contribution in [3.8, 4) is 5.69 Å².